The Kier molecular flexibility index (Phi) is 6.30. The first-order valence-corrected chi connectivity index (χ1v) is 8.61. The minimum atomic E-state index is -0.774. The Morgan fingerprint density at radius 2 is 2.13 bits per heavy atom. The molecule has 0 amide bonds. The van der Waals surface area contributed by atoms with E-state index in [9.17, 15) is 14.3 Å². The van der Waals surface area contributed by atoms with E-state index in [2.05, 4.69) is 5.32 Å². The van der Waals surface area contributed by atoms with Crippen LogP contribution < -0.4 is 5.32 Å². The smallest absolute Gasteiger partial charge is 0.307 e. The number of halogens is 1. The third-order valence-corrected chi connectivity index (χ3v) is 4.55. The molecule has 1 aromatic carbocycles. The molecule has 0 fully saturated rings. The topological polar surface area (TPSA) is 49.3 Å². The molecule has 0 spiro atoms. The zero-order valence-corrected chi connectivity index (χ0v) is 14.2. The summed E-state index contributed by atoms with van der Waals surface area (Å²) in [5.41, 5.74) is 1.54. The van der Waals surface area contributed by atoms with E-state index in [4.69, 9.17) is 0 Å². The number of aliphatic carboxylic acids is 1. The van der Waals surface area contributed by atoms with Crippen LogP contribution in [0, 0.1) is 17.7 Å². The van der Waals surface area contributed by atoms with Crippen LogP contribution in [0.4, 0.5) is 4.39 Å². The van der Waals surface area contributed by atoms with E-state index in [0.717, 1.165) is 10.4 Å². The van der Waals surface area contributed by atoms with Crippen LogP contribution in [0.25, 0.3) is 10.4 Å². The molecular weight excluding hydrogens is 313 g/mol. The van der Waals surface area contributed by atoms with Crippen LogP contribution in [0.3, 0.4) is 0 Å². The maximum Gasteiger partial charge on any atom is 0.307 e. The normalized spacial score (nSPS) is 12.5. The number of carboxylic acids is 1. The molecule has 0 aliphatic rings. The van der Waals surface area contributed by atoms with E-state index in [1.54, 1.807) is 6.07 Å². The standard InChI is InChI=1S/C18H22FNO2S/c1-12(2)8-14(18(21)22)11-20-10-13-5-6-16(19)15(9-13)17-4-3-7-23-17/h3-7,9,12,14,20H,8,10-11H2,1-2H3,(H,21,22). The van der Waals surface area contributed by atoms with E-state index in [0.29, 0.717) is 31.0 Å². The molecule has 0 bridgehead atoms. The molecule has 0 radical (unpaired) electrons. The highest BCUT2D eigenvalue weighted by Gasteiger charge is 2.18. The number of nitrogens with one attached hydrogen (secondary N) is 1. The fourth-order valence-corrected chi connectivity index (χ4v) is 3.28. The lowest BCUT2D eigenvalue weighted by Gasteiger charge is -2.15. The molecule has 0 aliphatic heterocycles. The van der Waals surface area contributed by atoms with Crippen molar-refractivity contribution < 1.29 is 14.3 Å². The van der Waals surface area contributed by atoms with E-state index < -0.39 is 11.9 Å². The summed E-state index contributed by atoms with van der Waals surface area (Å²) in [7, 11) is 0. The third kappa shape index (κ3) is 5.15. The van der Waals surface area contributed by atoms with Crippen molar-refractivity contribution in [2.24, 2.45) is 11.8 Å². The quantitative estimate of drug-likeness (QED) is 0.752. The molecule has 0 saturated heterocycles. The summed E-state index contributed by atoms with van der Waals surface area (Å²) >= 11 is 1.50. The van der Waals surface area contributed by atoms with Crippen LogP contribution in [-0.4, -0.2) is 17.6 Å². The van der Waals surface area contributed by atoms with Gasteiger partial charge in [0.1, 0.15) is 5.82 Å². The summed E-state index contributed by atoms with van der Waals surface area (Å²) in [6.07, 6.45) is 0.645. The summed E-state index contributed by atoms with van der Waals surface area (Å²) < 4.78 is 13.9. The number of carboxylic acid groups (broad SMARTS) is 1. The van der Waals surface area contributed by atoms with Gasteiger partial charge in [-0.1, -0.05) is 26.0 Å². The number of thiophene rings is 1. The summed E-state index contributed by atoms with van der Waals surface area (Å²) in [5, 5.41) is 14.3. The fourth-order valence-electron chi connectivity index (χ4n) is 2.53. The first kappa shape index (κ1) is 17.6. The van der Waals surface area contributed by atoms with Crippen molar-refractivity contribution in [1.29, 1.82) is 0 Å². The minimum Gasteiger partial charge on any atom is -0.481 e. The van der Waals surface area contributed by atoms with Crippen molar-refractivity contribution in [3.63, 3.8) is 0 Å². The molecule has 0 aliphatic carbocycles. The monoisotopic (exact) mass is 335 g/mol. The molecule has 1 aromatic heterocycles. The number of rotatable bonds is 8. The Hall–Kier alpha value is -1.72. The highest BCUT2D eigenvalue weighted by atomic mass is 32.1. The number of hydrogen-bond donors (Lipinski definition) is 2. The van der Waals surface area contributed by atoms with Crippen LogP contribution in [0.15, 0.2) is 35.7 Å². The maximum atomic E-state index is 13.9. The lowest BCUT2D eigenvalue weighted by Crippen LogP contribution is -2.29. The summed E-state index contributed by atoms with van der Waals surface area (Å²) in [6, 6.07) is 8.82. The predicted octanol–water partition coefficient (Wildman–Crippen LogP) is 4.39. The zero-order valence-electron chi connectivity index (χ0n) is 13.4. The van der Waals surface area contributed by atoms with Gasteiger partial charge in [0.05, 0.1) is 5.92 Å². The second-order valence-electron chi connectivity index (χ2n) is 6.09. The molecule has 1 atom stereocenters. The fraction of sp³-hybridized carbons (Fsp3) is 0.389. The molecule has 0 saturated carbocycles. The van der Waals surface area contributed by atoms with Crippen LogP contribution in [-0.2, 0) is 11.3 Å². The van der Waals surface area contributed by atoms with Gasteiger partial charge in [-0.2, -0.15) is 0 Å². The molecule has 3 nitrogen and oxygen atoms in total. The van der Waals surface area contributed by atoms with Gasteiger partial charge < -0.3 is 10.4 Å². The summed E-state index contributed by atoms with van der Waals surface area (Å²) in [5.74, 6) is -1.06. The van der Waals surface area contributed by atoms with E-state index in [1.165, 1.54) is 17.4 Å². The number of carbonyl (C=O) groups is 1. The van der Waals surface area contributed by atoms with Gasteiger partial charge in [-0.05, 0) is 41.5 Å². The largest absolute Gasteiger partial charge is 0.481 e. The molecular formula is C18H22FNO2S. The van der Waals surface area contributed by atoms with Gasteiger partial charge in [0.25, 0.3) is 0 Å². The van der Waals surface area contributed by atoms with E-state index in [1.807, 2.05) is 37.4 Å². The predicted molar refractivity (Wildman–Crippen MR) is 92.0 cm³/mol. The lowest BCUT2D eigenvalue weighted by atomic mass is 9.97. The van der Waals surface area contributed by atoms with Gasteiger partial charge in [0.15, 0.2) is 0 Å². The number of benzene rings is 1. The summed E-state index contributed by atoms with van der Waals surface area (Å²) in [4.78, 5) is 12.1. The Morgan fingerprint density at radius 3 is 2.74 bits per heavy atom. The molecule has 1 heterocycles. The van der Waals surface area contributed by atoms with Crippen molar-refractivity contribution >= 4 is 17.3 Å². The van der Waals surface area contributed by atoms with Crippen LogP contribution in [0.2, 0.25) is 0 Å². The molecule has 2 aromatic rings. The van der Waals surface area contributed by atoms with Crippen molar-refractivity contribution in [1.82, 2.24) is 5.32 Å². The van der Waals surface area contributed by atoms with Crippen molar-refractivity contribution in [2.45, 2.75) is 26.8 Å². The first-order valence-electron chi connectivity index (χ1n) is 7.73. The number of hydrogen-bond acceptors (Lipinski definition) is 3. The highest BCUT2D eigenvalue weighted by molar-refractivity contribution is 7.13. The first-order chi connectivity index (χ1) is 11.0. The average Bonchev–Trinajstić information content (AvgIpc) is 3.01. The Bertz CT molecular complexity index is 640. The maximum absolute atomic E-state index is 13.9. The summed E-state index contributed by atoms with van der Waals surface area (Å²) in [6.45, 7) is 4.98. The molecule has 23 heavy (non-hydrogen) atoms. The Morgan fingerprint density at radius 1 is 1.35 bits per heavy atom. The lowest BCUT2D eigenvalue weighted by molar-refractivity contribution is -0.142. The van der Waals surface area contributed by atoms with E-state index in [-0.39, 0.29) is 5.82 Å². The second-order valence-corrected chi connectivity index (χ2v) is 7.03. The van der Waals surface area contributed by atoms with Crippen molar-refractivity contribution in [3.05, 3.63) is 47.1 Å². The SMILES string of the molecule is CC(C)CC(CNCc1ccc(F)c(-c2cccs2)c1)C(=O)O. The van der Waals surface area contributed by atoms with Gasteiger partial charge in [0, 0.05) is 23.5 Å². The van der Waals surface area contributed by atoms with Crippen LogP contribution >= 0.6 is 11.3 Å². The van der Waals surface area contributed by atoms with E-state index >= 15 is 0 Å². The van der Waals surface area contributed by atoms with Gasteiger partial charge in [-0.3, -0.25) is 4.79 Å². The molecule has 2 rings (SSSR count). The zero-order chi connectivity index (χ0) is 16.8. The van der Waals surface area contributed by atoms with Crippen LogP contribution in [0.5, 0.6) is 0 Å². The Balaban J connectivity index is 1.98. The van der Waals surface area contributed by atoms with Crippen molar-refractivity contribution in [3.8, 4) is 10.4 Å². The second kappa shape index (κ2) is 8.22. The third-order valence-electron chi connectivity index (χ3n) is 3.64. The van der Waals surface area contributed by atoms with Gasteiger partial charge >= 0.3 is 5.97 Å². The molecule has 1 unspecified atom stereocenters. The minimum absolute atomic E-state index is 0.237. The van der Waals surface area contributed by atoms with Gasteiger partial charge in [-0.15, -0.1) is 11.3 Å². The Labute approximate surface area is 140 Å². The van der Waals surface area contributed by atoms with Gasteiger partial charge in [0.2, 0.25) is 0 Å². The van der Waals surface area contributed by atoms with Crippen molar-refractivity contribution in [2.75, 3.05) is 6.54 Å². The van der Waals surface area contributed by atoms with Crippen LogP contribution in [0.1, 0.15) is 25.8 Å². The van der Waals surface area contributed by atoms with Gasteiger partial charge in [-0.25, -0.2) is 4.39 Å². The average molecular weight is 335 g/mol. The molecule has 2 N–H and O–H groups in total. The highest BCUT2D eigenvalue weighted by Crippen LogP contribution is 2.28. The molecule has 5 heteroatoms. The molecule has 124 valence electrons.